The highest BCUT2D eigenvalue weighted by atomic mass is 127. The Labute approximate surface area is 206 Å². The summed E-state index contributed by atoms with van der Waals surface area (Å²) < 4.78 is 11.4. The minimum absolute atomic E-state index is 0. The zero-order valence-electron chi connectivity index (χ0n) is 20.0. The standard InChI is InChI=1S/C24H42N4O2.HI/c1-6-25-24(26-13-14-28(19(2)3)20(4)5)27-17-21-7-9-22(10-8-21)18-30-23-11-15-29-16-12-23;/h7-10,19-20,23H,6,11-18H2,1-5H3,(H2,25,26,27);1H. The van der Waals surface area contributed by atoms with Crippen LogP contribution in [0.4, 0.5) is 0 Å². The molecule has 1 saturated heterocycles. The predicted octanol–water partition coefficient (Wildman–Crippen LogP) is 4.17. The molecule has 0 atom stereocenters. The molecule has 178 valence electrons. The third kappa shape index (κ3) is 11.0. The number of rotatable bonds is 11. The lowest BCUT2D eigenvalue weighted by atomic mass is 10.1. The van der Waals surface area contributed by atoms with Crippen molar-refractivity contribution in [3.05, 3.63) is 35.4 Å². The lowest BCUT2D eigenvalue weighted by Gasteiger charge is -2.30. The summed E-state index contributed by atoms with van der Waals surface area (Å²) in [6.45, 7) is 16.8. The van der Waals surface area contributed by atoms with Crippen LogP contribution in [0.2, 0.25) is 0 Å². The van der Waals surface area contributed by atoms with Crippen molar-refractivity contribution >= 4 is 29.9 Å². The van der Waals surface area contributed by atoms with E-state index in [2.05, 4.69) is 74.4 Å². The molecule has 7 heteroatoms. The monoisotopic (exact) mass is 546 g/mol. The maximum Gasteiger partial charge on any atom is 0.191 e. The van der Waals surface area contributed by atoms with Gasteiger partial charge in [-0.15, -0.1) is 24.0 Å². The summed E-state index contributed by atoms with van der Waals surface area (Å²) in [6.07, 6.45) is 2.33. The van der Waals surface area contributed by atoms with Crippen LogP contribution in [0.15, 0.2) is 29.3 Å². The summed E-state index contributed by atoms with van der Waals surface area (Å²) in [5.41, 5.74) is 2.41. The van der Waals surface area contributed by atoms with E-state index < -0.39 is 0 Å². The van der Waals surface area contributed by atoms with Gasteiger partial charge in [-0.2, -0.15) is 0 Å². The Morgan fingerprint density at radius 2 is 1.68 bits per heavy atom. The molecule has 0 aromatic heterocycles. The van der Waals surface area contributed by atoms with E-state index in [0.29, 0.717) is 31.3 Å². The van der Waals surface area contributed by atoms with Crippen LogP contribution in [-0.4, -0.2) is 61.9 Å². The molecule has 6 nitrogen and oxygen atoms in total. The van der Waals surface area contributed by atoms with Crippen molar-refractivity contribution in [1.29, 1.82) is 0 Å². The van der Waals surface area contributed by atoms with Gasteiger partial charge in [-0.1, -0.05) is 24.3 Å². The van der Waals surface area contributed by atoms with E-state index in [4.69, 9.17) is 14.5 Å². The average Bonchev–Trinajstić information content (AvgIpc) is 2.74. The van der Waals surface area contributed by atoms with Gasteiger partial charge in [0.15, 0.2) is 5.96 Å². The Morgan fingerprint density at radius 3 is 2.26 bits per heavy atom. The Kier molecular flexibility index (Phi) is 14.4. The molecule has 2 N–H and O–H groups in total. The Morgan fingerprint density at radius 1 is 1.06 bits per heavy atom. The molecular weight excluding hydrogens is 503 g/mol. The summed E-state index contributed by atoms with van der Waals surface area (Å²) in [7, 11) is 0. The molecule has 1 aliphatic rings. The predicted molar refractivity (Wildman–Crippen MR) is 140 cm³/mol. The fourth-order valence-corrected chi connectivity index (χ4v) is 3.73. The molecule has 0 aliphatic carbocycles. The van der Waals surface area contributed by atoms with Crippen molar-refractivity contribution in [3.63, 3.8) is 0 Å². The fraction of sp³-hybridized carbons (Fsp3) is 0.708. The van der Waals surface area contributed by atoms with Crippen molar-refractivity contribution < 1.29 is 9.47 Å². The van der Waals surface area contributed by atoms with Crippen LogP contribution >= 0.6 is 24.0 Å². The van der Waals surface area contributed by atoms with E-state index in [1.54, 1.807) is 0 Å². The molecule has 0 bridgehead atoms. The van der Waals surface area contributed by atoms with E-state index in [0.717, 1.165) is 51.6 Å². The molecule has 0 spiro atoms. The number of benzene rings is 1. The van der Waals surface area contributed by atoms with Gasteiger partial charge >= 0.3 is 0 Å². The summed E-state index contributed by atoms with van der Waals surface area (Å²) in [5, 5.41) is 6.81. The Balaban J connectivity index is 0.00000480. The normalized spacial score (nSPS) is 15.4. The first-order valence-corrected chi connectivity index (χ1v) is 11.5. The number of halogens is 1. The second-order valence-electron chi connectivity index (χ2n) is 8.49. The van der Waals surface area contributed by atoms with Crippen molar-refractivity contribution in [3.8, 4) is 0 Å². The number of nitrogens with zero attached hydrogens (tertiary/aromatic N) is 2. The lowest BCUT2D eigenvalue weighted by molar-refractivity contribution is -0.0390. The second-order valence-corrected chi connectivity index (χ2v) is 8.49. The summed E-state index contributed by atoms with van der Waals surface area (Å²) in [6, 6.07) is 9.67. The smallest absolute Gasteiger partial charge is 0.191 e. The van der Waals surface area contributed by atoms with Gasteiger partial charge in [0, 0.05) is 44.9 Å². The van der Waals surface area contributed by atoms with Gasteiger partial charge < -0.3 is 20.1 Å². The first kappa shape index (κ1) is 28.1. The minimum Gasteiger partial charge on any atom is -0.381 e. The SMILES string of the molecule is CCNC(=NCc1ccc(COC2CCOCC2)cc1)NCCN(C(C)C)C(C)C.I. The first-order valence-electron chi connectivity index (χ1n) is 11.5. The Bertz CT molecular complexity index is 609. The fourth-order valence-electron chi connectivity index (χ4n) is 3.73. The van der Waals surface area contributed by atoms with E-state index >= 15 is 0 Å². The maximum atomic E-state index is 6.00. The number of hydrogen-bond donors (Lipinski definition) is 2. The van der Waals surface area contributed by atoms with Gasteiger partial charge in [0.25, 0.3) is 0 Å². The van der Waals surface area contributed by atoms with E-state index in [9.17, 15) is 0 Å². The van der Waals surface area contributed by atoms with Gasteiger partial charge in [-0.25, -0.2) is 4.99 Å². The highest BCUT2D eigenvalue weighted by Crippen LogP contribution is 2.14. The lowest BCUT2D eigenvalue weighted by Crippen LogP contribution is -2.45. The van der Waals surface area contributed by atoms with Crippen molar-refractivity contribution in [2.75, 3.05) is 32.8 Å². The largest absolute Gasteiger partial charge is 0.381 e. The molecule has 0 radical (unpaired) electrons. The zero-order valence-corrected chi connectivity index (χ0v) is 22.4. The maximum absolute atomic E-state index is 6.00. The molecule has 1 aromatic carbocycles. The van der Waals surface area contributed by atoms with Gasteiger partial charge in [0.05, 0.1) is 19.3 Å². The number of aliphatic imine (C=N–C) groups is 1. The van der Waals surface area contributed by atoms with Crippen molar-refractivity contribution in [2.24, 2.45) is 4.99 Å². The third-order valence-corrected chi connectivity index (χ3v) is 5.43. The zero-order chi connectivity index (χ0) is 21.8. The molecule has 2 rings (SSSR count). The van der Waals surface area contributed by atoms with Gasteiger partial charge in [0.1, 0.15) is 0 Å². The third-order valence-electron chi connectivity index (χ3n) is 5.43. The number of hydrogen-bond acceptors (Lipinski definition) is 4. The highest BCUT2D eigenvalue weighted by molar-refractivity contribution is 14.0. The minimum atomic E-state index is 0. The molecule has 0 unspecified atom stereocenters. The quantitative estimate of drug-likeness (QED) is 0.248. The molecule has 1 aliphatic heterocycles. The van der Waals surface area contributed by atoms with Crippen LogP contribution in [0.25, 0.3) is 0 Å². The second kappa shape index (κ2) is 15.8. The van der Waals surface area contributed by atoms with Crippen molar-refractivity contribution in [2.45, 2.75) is 78.8 Å². The first-order chi connectivity index (χ1) is 14.5. The van der Waals surface area contributed by atoms with E-state index in [1.807, 2.05) is 0 Å². The van der Waals surface area contributed by atoms with Crippen molar-refractivity contribution in [1.82, 2.24) is 15.5 Å². The number of ether oxygens (including phenoxy) is 2. The highest BCUT2D eigenvalue weighted by Gasteiger charge is 2.14. The summed E-state index contributed by atoms with van der Waals surface area (Å²) >= 11 is 0. The molecule has 1 aromatic rings. The van der Waals surface area contributed by atoms with E-state index in [-0.39, 0.29) is 24.0 Å². The van der Waals surface area contributed by atoms with Crippen LogP contribution in [0.5, 0.6) is 0 Å². The molecular formula is C24H43IN4O2. The molecule has 0 saturated carbocycles. The number of nitrogens with one attached hydrogen (secondary N) is 2. The van der Waals surface area contributed by atoms with Crippen LogP contribution < -0.4 is 10.6 Å². The van der Waals surface area contributed by atoms with Crippen LogP contribution in [0.1, 0.15) is 58.6 Å². The van der Waals surface area contributed by atoms with Gasteiger partial charge in [-0.3, -0.25) is 4.90 Å². The van der Waals surface area contributed by atoms with Gasteiger partial charge in [0.2, 0.25) is 0 Å². The molecule has 1 heterocycles. The summed E-state index contributed by atoms with van der Waals surface area (Å²) in [4.78, 5) is 7.23. The summed E-state index contributed by atoms with van der Waals surface area (Å²) in [5.74, 6) is 0.872. The molecule has 31 heavy (non-hydrogen) atoms. The average molecular weight is 547 g/mol. The number of guanidine groups is 1. The van der Waals surface area contributed by atoms with Crippen LogP contribution in [0.3, 0.4) is 0 Å². The van der Waals surface area contributed by atoms with E-state index in [1.165, 1.54) is 11.1 Å². The molecule has 1 fully saturated rings. The molecule has 0 amide bonds. The topological polar surface area (TPSA) is 58.1 Å². The van der Waals surface area contributed by atoms with Gasteiger partial charge in [-0.05, 0) is 58.6 Å². The Hall–Kier alpha value is -0.900. The van der Waals surface area contributed by atoms with Crippen LogP contribution in [0, 0.1) is 0 Å². The van der Waals surface area contributed by atoms with Crippen LogP contribution in [-0.2, 0) is 22.6 Å².